The molecule has 26 heavy (non-hydrogen) atoms. The van der Waals surface area contributed by atoms with E-state index in [-0.39, 0.29) is 5.91 Å². The molecule has 132 valence electrons. The van der Waals surface area contributed by atoms with Crippen molar-refractivity contribution in [2.24, 2.45) is 0 Å². The van der Waals surface area contributed by atoms with Crippen molar-refractivity contribution >= 4 is 11.6 Å². The lowest BCUT2D eigenvalue weighted by Crippen LogP contribution is -2.13. The molecule has 5 nitrogen and oxygen atoms in total. The number of carbonyl (C=O) groups excluding carboxylic acids is 1. The number of pyridine rings is 1. The van der Waals surface area contributed by atoms with Gasteiger partial charge in [-0.1, -0.05) is 23.8 Å². The van der Waals surface area contributed by atoms with Gasteiger partial charge in [-0.25, -0.2) is 0 Å². The summed E-state index contributed by atoms with van der Waals surface area (Å²) in [6.07, 6.45) is 1.57. The first-order valence-corrected chi connectivity index (χ1v) is 8.17. The predicted octanol–water partition coefficient (Wildman–Crippen LogP) is 4.33. The molecule has 0 aliphatic heterocycles. The quantitative estimate of drug-likeness (QED) is 0.746. The van der Waals surface area contributed by atoms with E-state index in [2.05, 4.69) is 16.4 Å². The first kappa shape index (κ1) is 17.5. The first-order valence-electron chi connectivity index (χ1n) is 8.17. The molecule has 3 rings (SSSR count). The number of rotatable bonds is 5. The summed E-state index contributed by atoms with van der Waals surface area (Å²) in [5.74, 6) is 0.933. The van der Waals surface area contributed by atoms with Crippen molar-refractivity contribution in [2.45, 2.75) is 6.92 Å². The molecule has 0 aliphatic rings. The van der Waals surface area contributed by atoms with E-state index in [1.165, 1.54) is 0 Å². The number of ether oxygens (including phenoxy) is 2. The molecule has 0 saturated heterocycles. The number of nitrogens with zero attached hydrogens (tertiary/aromatic N) is 1. The lowest BCUT2D eigenvalue weighted by Gasteiger charge is -2.11. The third-order valence-corrected chi connectivity index (χ3v) is 4.00. The number of hydrogen-bond donors (Lipinski definition) is 1. The van der Waals surface area contributed by atoms with Crippen LogP contribution in [0.15, 0.2) is 60.8 Å². The molecule has 1 heterocycles. The molecule has 0 radical (unpaired) electrons. The summed E-state index contributed by atoms with van der Waals surface area (Å²) in [4.78, 5) is 16.9. The summed E-state index contributed by atoms with van der Waals surface area (Å²) in [5.41, 5.74) is 4.05. The molecule has 0 aliphatic carbocycles. The van der Waals surface area contributed by atoms with Crippen molar-refractivity contribution in [3.05, 3.63) is 71.9 Å². The molecule has 0 saturated carbocycles. The van der Waals surface area contributed by atoms with Gasteiger partial charge in [0.25, 0.3) is 5.91 Å². The number of amides is 1. The van der Waals surface area contributed by atoms with Crippen LogP contribution in [0.1, 0.15) is 15.9 Å². The molecule has 0 spiro atoms. The standard InChI is InChI=1S/C21H20N2O3/c1-14-5-4-6-15(11-14)18-9-7-16(13-22-18)21(24)23-19-10-8-17(25-2)12-20(19)26-3/h4-13H,1-3H3,(H,23,24). The molecule has 0 fully saturated rings. The zero-order chi connectivity index (χ0) is 18.5. The fraction of sp³-hybridized carbons (Fsp3) is 0.143. The topological polar surface area (TPSA) is 60.5 Å². The van der Waals surface area contributed by atoms with Gasteiger partial charge in [-0.05, 0) is 37.3 Å². The van der Waals surface area contributed by atoms with Crippen LogP contribution in [-0.4, -0.2) is 25.1 Å². The number of aromatic nitrogens is 1. The molecule has 0 atom stereocenters. The van der Waals surface area contributed by atoms with E-state index in [0.717, 1.165) is 16.8 Å². The van der Waals surface area contributed by atoms with Gasteiger partial charge in [0.15, 0.2) is 0 Å². The Labute approximate surface area is 152 Å². The zero-order valence-corrected chi connectivity index (χ0v) is 14.9. The number of benzene rings is 2. The average Bonchev–Trinajstić information content (AvgIpc) is 2.68. The van der Waals surface area contributed by atoms with Crippen LogP contribution in [0.2, 0.25) is 0 Å². The summed E-state index contributed by atoms with van der Waals surface area (Å²) >= 11 is 0. The number of nitrogens with one attached hydrogen (secondary N) is 1. The highest BCUT2D eigenvalue weighted by Crippen LogP contribution is 2.29. The van der Waals surface area contributed by atoms with Crippen LogP contribution >= 0.6 is 0 Å². The van der Waals surface area contributed by atoms with Gasteiger partial charge in [-0.15, -0.1) is 0 Å². The molecule has 5 heteroatoms. The Morgan fingerprint density at radius 1 is 1.00 bits per heavy atom. The lowest BCUT2D eigenvalue weighted by molar-refractivity contribution is 0.102. The molecule has 1 N–H and O–H groups in total. The van der Waals surface area contributed by atoms with E-state index in [0.29, 0.717) is 22.7 Å². The van der Waals surface area contributed by atoms with E-state index in [9.17, 15) is 4.79 Å². The molecular weight excluding hydrogens is 328 g/mol. The lowest BCUT2D eigenvalue weighted by atomic mass is 10.1. The Hall–Kier alpha value is -3.34. The monoisotopic (exact) mass is 348 g/mol. The Bertz CT molecular complexity index is 921. The van der Waals surface area contributed by atoms with Gasteiger partial charge in [0.1, 0.15) is 11.5 Å². The van der Waals surface area contributed by atoms with Crippen molar-refractivity contribution < 1.29 is 14.3 Å². The van der Waals surface area contributed by atoms with Crippen LogP contribution in [0, 0.1) is 6.92 Å². The van der Waals surface area contributed by atoms with E-state index < -0.39 is 0 Å². The molecule has 0 unspecified atom stereocenters. The van der Waals surface area contributed by atoms with Crippen LogP contribution in [-0.2, 0) is 0 Å². The maximum Gasteiger partial charge on any atom is 0.257 e. The number of methoxy groups -OCH3 is 2. The largest absolute Gasteiger partial charge is 0.497 e. The Balaban J connectivity index is 1.78. The van der Waals surface area contributed by atoms with Crippen LogP contribution in [0.4, 0.5) is 5.69 Å². The van der Waals surface area contributed by atoms with Crippen LogP contribution in [0.25, 0.3) is 11.3 Å². The van der Waals surface area contributed by atoms with Crippen LogP contribution in [0.5, 0.6) is 11.5 Å². The molecule has 1 amide bonds. The maximum atomic E-state index is 12.5. The summed E-state index contributed by atoms with van der Waals surface area (Å²) in [6.45, 7) is 2.04. The van der Waals surface area contributed by atoms with E-state index in [4.69, 9.17) is 9.47 Å². The fourth-order valence-electron chi connectivity index (χ4n) is 2.60. The van der Waals surface area contributed by atoms with Gasteiger partial charge in [-0.2, -0.15) is 0 Å². The first-order chi connectivity index (χ1) is 12.6. The number of aryl methyl sites for hydroxylation is 1. The smallest absolute Gasteiger partial charge is 0.257 e. The van der Waals surface area contributed by atoms with E-state index >= 15 is 0 Å². The number of hydrogen-bond acceptors (Lipinski definition) is 4. The highest BCUT2D eigenvalue weighted by molar-refractivity contribution is 6.05. The number of carbonyl (C=O) groups is 1. The molecule has 3 aromatic rings. The minimum absolute atomic E-state index is 0.253. The fourth-order valence-corrected chi connectivity index (χ4v) is 2.60. The minimum atomic E-state index is -0.253. The highest BCUT2D eigenvalue weighted by atomic mass is 16.5. The average molecular weight is 348 g/mol. The van der Waals surface area contributed by atoms with Gasteiger partial charge in [0.05, 0.1) is 31.2 Å². The summed E-state index contributed by atoms with van der Waals surface area (Å²) in [5, 5.41) is 2.84. The minimum Gasteiger partial charge on any atom is -0.497 e. The van der Waals surface area contributed by atoms with Crippen molar-refractivity contribution in [1.82, 2.24) is 4.98 Å². The summed E-state index contributed by atoms with van der Waals surface area (Å²) in [7, 11) is 3.12. The highest BCUT2D eigenvalue weighted by Gasteiger charge is 2.11. The summed E-state index contributed by atoms with van der Waals surface area (Å²) < 4.78 is 10.5. The van der Waals surface area contributed by atoms with E-state index in [1.807, 2.05) is 31.2 Å². The van der Waals surface area contributed by atoms with Crippen LogP contribution < -0.4 is 14.8 Å². The predicted molar refractivity (Wildman–Crippen MR) is 102 cm³/mol. The second-order valence-corrected chi connectivity index (χ2v) is 5.82. The third kappa shape index (κ3) is 3.83. The maximum absolute atomic E-state index is 12.5. The number of anilines is 1. The molecule has 1 aromatic heterocycles. The molecular formula is C21H20N2O3. The molecule has 0 bridgehead atoms. The van der Waals surface area contributed by atoms with Gasteiger partial charge >= 0.3 is 0 Å². The second-order valence-electron chi connectivity index (χ2n) is 5.82. The summed E-state index contributed by atoms with van der Waals surface area (Å²) in [6, 6.07) is 16.9. The molecule has 2 aromatic carbocycles. The second kappa shape index (κ2) is 7.70. The van der Waals surface area contributed by atoms with Gasteiger partial charge < -0.3 is 14.8 Å². The Morgan fingerprint density at radius 2 is 1.85 bits per heavy atom. The van der Waals surface area contributed by atoms with E-state index in [1.54, 1.807) is 44.7 Å². The zero-order valence-electron chi connectivity index (χ0n) is 14.9. The Kier molecular flexibility index (Phi) is 5.17. The third-order valence-electron chi connectivity index (χ3n) is 4.00. The van der Waals surface area contributed by atoms with Gasteiger partial charge in [0.2, 0.25) is 0 Å². The van der Waals surface area contributed by atoms with Crippen LogP contribution in [0.3, 0.4) is 0 Å². The SMILES string of the molecule is COc1ccc(NC(=O)c2ccc(-c3cccc(C)c3)nc2)c(OC)c1. The van der Waals surface area contributed by atoms with Gasteiger partial charge in [0, 0.05) is 17.8 Å². The van der Waals surface area contributed by atoms with Crippen molar-refractivity contribution in [3.8, 4) is 22.8 Å². The Morgan fingerprint density at radius 3 is 2.50 bits per heavy atom. The van der Waals surface area contributed by atoms with Gasteiger partial charge in [-0.3, -0.25) is 9.78 Å². The van der Waals surface area contributed by atoms with Crippen molar-refractivity contribution in [3.63, 3.8) is 0 Å². The van der Waals surface area contributed by atoms with Crippen molar-refractivity contribution in [2.75, 3.05) is 19.5 Å². The van der Waals surface area contributed by atoms with Crippen molar-refractivity contribution in [1.29, 1.82) is 0 Å². The normalized spacial score (nSPS) is 10.3.